The van der Waals surface area contributed by atoms with Gasteiger partial charge in [-0.15, -0.1) is 0 Å². The standard InChI is InChI=1S/C17H16ClF2NO2S/c1-17(2,23-13-7-3-11(18)4-8-13)15(22)21-12-5-9-14(10-6-12)24-16(19)20/h3-10,16H,1-2H3,(H,21,22). The SMILES string of the molecule is CC(C)(Oc1ccc(Cl)cc1)C(=O)Nc1ccc(SC(F)F)cc1. The number of amides is 1. The van der Waals surface area contributed by atoms with Gasteiger partial charge in [-0.05, 0) is 62.4 Å². The maximum atomic E-state index is 12.4. The van der Waals surface area contributed by atoms with Crippen molar-refractivity contribution >= 4 is 35.0 Å². The van der Waals surface area contributed by atoms with Crippen LogP contribution < -0.4 is 10.1 Å². The number of carbonyl (C=O) groups is 1. The van der Waals surface area contributed by atoms with E-state index in [1.54, 1.807) is 50.2 Å². The molecule has 0 spiro atoms. The van der Waals surface area contributed by atoms with Gasteiger partial charge in [0.25, 0.3) is 11.7 Å². The van der Waals surface area contributed by atoms with Crippen LogP contribution >= 0.6 is 23.4 Å². The van der Waals surface area contributed by atoms with Gasteiger partial charge in [0.1, 0.15) is 5.75 Å². The molecule has 0 unspecified atom stereocenters. The highest BCUT2D eigenvalue weighted by molar-refractivity contribution is 7.99. The summed E-state index contributed by atoms with van der Waals surface area (Å²) in [5.41, 5.74) is -0.615. The van der Waals surface area contributed by atoms with Crippen molar-refractivity contribution in [2.45, 2.75) is 30.1 Å². The summed E-state index contributed by atoms with van der Waals surface area (Å²) in [6, 6.07) is 12.9. The summed E-state index contributed by atoms with van der Waals surface area (Å²) in [6.45, 7) is 3.27. The quantitative estimate of drug-likeness (QED) is 0.686. The van der Waals surface area contributed by atoms with Gasteiger partial charge in [0.15, 0.2) is 5.60 Å². The molecule has 2 rings (SSSR count). The van der Waals surface area contributed by atoms with Gasteiger partial charge in [0.05, 0.1) is 0 Å². The zero-order valence-electron chi connectivity index (χ0n) is 13.1. The van der Waals surface area contributed by atoms with E-state index in [1.165, 1.54) is 12.1 Å². The zero-order chi connectivity index (χ0) is 17.7. The van der Waals surface area contributed by atoms with Gasteiger partial charge in [-0.25, -0.2) is 0 Å². The molecule has 24 heavy (non-hydrogen) atoms. The number of rotatable bonds is 6. The van der Waals surface area contributed by atoms with Crippen LogP contribution in [0.4, 0.5) is 14.5 Å². The van der Waals surface area contributed by atoms with Crippen LogP contribution in [-0.4, -0.2) is 17.3 Å². The van der Waals surface area contributed by atoms with E-state index in [4.69, 9.17) is 16.3 Å². The van der Waals surface area contributed by atoms with Crippen LogP contribution in [0.25, 0.3) is 0 Å². The summed E-state index contributed by atoms with van der Waals surface area (Å²) in [5.74, 6) is -2.31. The Bertz CT molecular complexity index is 691. The molecule has 0 atom stereocenters. The fourth-order valence-electron chi connectivity index (χ4n) is 1.84. The lowest BCUT2D eigenvalue weighted by Crippen LogP contribution is -2.42. The maximum Gasteiger partial charge on any atom is 0.288 e. The smallest absolute Gasteiger partial charge is 0.288 e. The first-order chi connectivity index (χ1) is 11.3. The van der Waals surface area contributed by atoms with Gasteiger partial charge in [0, 0.05) is 15.6 Å². The van der Waals surface area contributed by atoms with Crippen molar-refractivity contribution in [3.05, 3.63) is 53.6 Å². The second-order valence-corrected chi connectivity index (χ2v) is 6.92. The van der Waals surface area contributed by atoms with Gasteiger partial charge < -0.3 is 10.1 Å². The minimum Gasteiger partial charge on any atom is -0.478 e. The summed E-state index contributed by atoms with van der Waals surface area (Å²) in [5, 5.41) is 3.28. The lowest BCUT2D eigenvalue weighted by Gasteiger charge is -2.25. The van der Waals surface area contributed by atoms with Gasteiger partial charge in [-0.2, -0.15) is 8.78 Å². The molecular weight excluding hydrogens is 356 g/mol. The number of nitrogens with one attached hydrogen (secondary N) is 1. The van der Waals surface area contributed by atoms with Gasteiger partial charge in [-0.3, -0.25) is 4.79 Å². The molecule has 0 bridgehead atoms. The van der Waals surface area contributed by atoms with Crippen molar-refractivity contribution in [3.8, 4) is 5.75 Å². The van der Waals surface area contributed by atoms with Crippen LogP contribution in [0.2, 0.25) is 5.02 Å². The third kappa shape index (κ3) is 5.39. The number of anilines is 1. The molecule has 0 heterocycles. The van der Waals surface area contributed by atoms with E-state index in [0.717, 1.165) is 0 Å². The first-order valence-electron chi connectivity index (χ1n) is 7.07. The molecule has 0 saturated heterocycles. The number of carbonyl (C=O) groups excluding carboxylic acids is 1. The molecule has 128 valence electrons. The van der Waals surface area contributed by atoms with Crippen molar-refractivity contribution in [1.29, 1.82) is 0 Å². The van der Waals surface area contributed by atoms with Gasteiger partial charge >= 0.3 is 0 Å². The van der Waals surface area contributed by atoms with E-state index in [0.29, 0.717) is 33.1 Å². The number of ether oxygens (including phenoxy) is 1. The highest BCUT2D eigenvalue weighted by Gasteiger charge is 2.30. The normalized spacial score (nSPS) is 11.4. The van der Waals surface area contributed by atoms with E-state index in [-0.39, 0.29) is 5.91 Å². The zero-order valence-corrected chi connectivity index (χ0v) is 14.6. The Morgan fingerprint density at radius 3 is 2.25 bits per heavy atom. The van der Waals surface area contributed by atoms with Crippen LogP contribution in [0.3, 0.4) is 0 Å². The summed E-state index contributed by atoms with van der Waals surface area (Å²) < 4.78 is 30.3. The monoisotopic (exact) mass is 371 g/mol. The Balaban J connectivity index is 2.00. The van der Waals surface area contributed by atoms with Gasteiger partial charge in [-0.1, -0.05) is 23.4 Å². The number of hydrogen-bond donors (Lipinski definition) is 1. The molecule has 1 amide bonds. The first-order valence-corrected chi connectivity index (χ1v) is 8.33. The predicted octanol–water partition coefficient (Wildman–Crippen LogP) is 5.45. The van der Waals surface area contributed by atoms with E-state index in [9.17, 15) is 13.6 Å². The van der Waals surface area contributed by atoms with Crippen molar-refractivity contribution in [2.75, 3.05) is 5.32 Å². The highest BCUT2D eigenvalue weighted by Crippen LogP contribution is 2.27. The molecule has 0 aliphatic rings. The Morgan fingerprint density at radius 1 is 1.12 bits per heavy atom. The first kappa shape index (κ1) is 18.5. The number of halogens is 3. The molecule has 0 aromatic heterocycles. The molecule has 3 nitrogen and oxygen atoms in total. The van der Waals surface area contributed by atoms with Crippen LogP contribution in [0.5, 0.6) is 5.75 Å². The topological polar surface area (TPSA) is 38.3 Å². The molecule has 0 fully saturated rings. The Morgan fingerprint density at radius 2 is 1.71 bits per heavy atom. The molecule has 0 saturated carbocycles. The van der Waals surface area contributed by atoms with Crippen molar-refractivity contribution in [2.24, 2.45) is 0 Å². The minimum absolute atomic E-state index is 0.355. The number of benzene rings is 2. The number of thioether (sulfide) groups is 1. The number of hydrogen-bond acceptors (Lipinski definition) is 3. The van der Waals surface area contributed by atoms with Crippen molar-refractivity contribution in [1.82, 2.24) is 0 Å². The number of alkyl halides is 2. The van der Waals surface area contributed by atoms with Gasteiger partial charge in [0.2, 0.25) is 0 Å². The predicted molar refractivity (Wildman–Crippen MR) is 93.1 cm³/mol. The fourth-order valence-corrected chi connectivity index (χ4v) is 2.47. The van der Waals surface area contributed by atoms with Crippen molar-refractivity contribution in [3.63, 3.8) is 0 Å². The summed E-state index contributed by atoms with van der Waals surface area (Å²) in [4.78, 5) is 12.8. The average molecular weight is 372 g/mol. The third-order valence-corrected chi connectivity index (χ3v) is 4.05. The molecule has 0 aliphatic heterocycles. The maximum absolute atomic E-state index is 12.4. The third-order valence-electron chi connectivity index (χ3n) is 3.07. The van der Waals surface area contributed by atoms with E-state index < -0.39 is 11.4 Å². The van der Waals surface area contributed by atoms with E-state index in [1.807, 2.05) is 0 Å². The summed E-state index contributed by atoms with van der Waals surface area (Å²) in [7, 11) is 0. The van der Waals surface area contributed by atoms with Crippen molar-refractivity contribution < 1.29 is 18.3 Å². The highest BCUT2D eigenvalue weighted by atomic mass is 35.5. The molecule has 1 N–H and O–H groups in total. The Kier molecular flexibility index (Phi) is 6.07. The lowest BCUT2D eigenvalue weighted by molar-refractivity contribution is -0.128. The van der Waals surface area contributed by atoms with Crippen LogP contribution in [0.15, 0.2) is 53.4 Å². The minimum atomic E-state index is -2.47. The average Bonchev–Trinajstić information content (AvgIpc) is 2.51. The molecule has 0 aliphatic carbocycles. The Hall–Kier alpha value is -1.79. The molecule has 2 aromatic rings. The second-order valence-electron chi connectivity index (χ2n) is 5.42. The molecule has 0 radical (unpaired) electrons. The van der Waals surface area contributed by atoms with Crippen LogP contribution in [-0.2, 0) is 4.79 Å². The van der Waals surface area contributed by atoms with Crippen LogP contribution in [0.1, 0.15) is 13.8 Å². The van der Waals surface area contributed by atoms with Crippen LogP contribution in [0, 0.1) is 0 Å². The lowest BCUT2D eigenvalue weighted by atomic mass is 10.1. The molecule has 2 aromatic carbocycles. The largest absolute Gasteiger partial charge is 0.478 e. The summed E-state index contributed by atoms with van der Waals surface area (Å²) in [6.07, 6.45) is 0. The summed E-state index contributed by atoms with van der Waals surface area (Å²) >= 11 is 6.27. The molecule has 7 heteroatoms. The van der Waals surface area contributed by atoms with E-state index >= 15 is 0 Å². The Labute approximate surface area is 148 Å². The molecular formula is C17H16ClF2NO2S. The van der Waals surface area contributed by atoms with E-state index in [2.05, 4.69) is 5.32 Å². The fraction of sp³-hybridized carbons (Fsp3) is 0.235. The second kappa shape index (κ2) is 7.85.